The van der Waals surface area contributed by atoms with E-state index in [1.54, 1.807) is 0 Å². The summed E-state index contributed by atoms with van der Waals surface area (Å²) in [5.74, 6) is 0.423. The van der Waals surface area contributed by atoms with E-state index in [-0.39, 0.29) is 0 Å². The van der Waals surface area contributed by atoms with Crippen molar-refractivity contribution in [3.8, 4) is 5.75 Å². The van der Waals surface area contributed by atoms with Crippen molar-refractivity contribution in [2.24, 2.45) is 0 Å². The van der Waals surface area contributed by atoms with E-state index in [0.29, 0.717) is 12.3 Å². The van der Waals surface area contributed by atoms with Gasteiger partial charge in [0.25, 0.3) is 0 Å². The average molecular weight is 220 g/mol. The molecule has 0 atom stereocenters. The Bertz CT molecular complexity index is 346. The number of phenolic OH excluding ortho intramolecular Hbond substituents is 1. The summed E-state index contributed by atoms with van der Waals surface area (Å²) in [7, 11) is 0. The summed E-state index contributed by atoms with van der Waals surface area (Å²) in [5.41, 5.74) is 5.30. The lowest BCUT2D eigenvalue weighted by Gasteiger charge is -2.27. The molecular formula is C13H20N2O. The summed E-state index contributed by atoms with van der Waals surface area (Å²) in [6.07, 6.45) is 3.88. The number of piperidine rings is 1. The van der Waals surface area contributed by atoms with Crippen LogP contribution in [0.2, 0.25) is 0 Å². The van der Waals surface area contributed by atoms with Gasteiger partial charge in [0, 0.05) is 25.2 Å². The second-order valence-corrected chi connectivity index (χ2v) is 4.47. The SMILES string of the molecule is Cc1cccc(CNN2CCCCC2)c1O. The van der Waals surface area contributed by atoms with Gasteiger partial charge in [0.2, 0.25) is 0 Å². The highest BCUT2D eigenvalue weighted by molar-refractivity contribution is 5.39. The number of aromatic hydroxyl groups is 1. The number of hydrogen-bond acceptors (Lipinski definition) is 3. The van der Waals surface area contributed by atoms with E-state index in [2.05, 4.69) is 10.4 Å². The Balaban J connectivity index is 1.91. The van der Waals surface area contributed by atoms with Crippen molar-refractivity contribution in [2.75, 3.05) is 13.1 Å². The Morgan fingerprint density at radius 3 is 2.75 bits per heavy atom. The van der Waals surface area contributed by atoms with Crippen LogP contribution in [0.15, 0.2) is 18.2 Å². The van der Waals surface area contributed by atoms with Crippen LogP contribution in [0.1, 0.15) is 30.4 Å². The van der Waals surface area contributed by atoms with E-state index in [1.807, 2.05) is 25.1 Å². The number of nitrogens with one attached hydrogen (secondary N) is 1. The molecule has 3 nitrogen and oxygen atoms in total. The molecule has 0 spiro atoms. The summed E-state index contributed by atoms with van der Waals surface area (Å²) in [5, 5.41) is 12.1. The topological polar surface area (TPSA) is 35.5 Å². The minimum absolute atomic E-state index is 0.423. The van der Waals surface area contributed by atoms with Gasteiger partial charge in [-0.2, -0.15) is 0 Å². The van der Waals surface area contributed by atoms with Gasteiger partial charge in [-0.1, -0.05) is 24.6 Å². The van der Waals surface area contributed by atoms with Crippen molar-refractivity contribution in [1.29, 1.82) is 0 Å². The van der Waals surface area contributed by atoms with Gasteiger partial charge in [0.15, 0.2) is 0 Å². The van der Waals surface area contributed by atoms with Gasteiger partial charge in [-0.25, -0.2) is 5.01 Å². The highest BCUT2D eigenvalue weighted by Crippen LogP contribution is 2.21. The second kappa shape index (κ2) is 5.32. The van der Waals surface area contributed by atoms with Crippen LogP contribution >= 0.6 is 0 Å². The molecule has 1 fully saturated rings. The molecule has 16 heavy (non-hydrogen) atoms. The lowest BCUT2D eigenvalue weighted by atomic mass is 10.1. The molecule has 0 saturated carbocycles. The molecule has 0 amide bonds. The normalized spacial score (nSPS) is 17.6. The maximum absolute atomic E-state index is 9.87. The monoisotopic (exact) mass is 220 g/mol. The van der Waals surface area contributed by atoms with Crippen LogP contribution in [0.4, 0.5) is 0 Å². The number of nitrogens with zero attached hydrogens (tertiary/aromatic N) is 1. The van der Waals surface area contributed by atoms with Crippen LogP contribution < -0.4 is 5.43 Å². The molecule has 1 aliphatic heterocycles. The van der Waals surface area contributed by atoms with E-state index >= 15 is 0 Å². The van der Waals surface area contributed by atoms with Gasteiger partial charge in [0.1, 0.15) is 5.75 Å². The Morgan fingerprint density at radius 1 is 1.25 bits per heavy atom. The van der Waals surface area contributed by atoms with Crippen LogP contribution in [0.5, 0.6) is 5.75 Å². The third-order valence-corrected chi connectivity index (χ3v) is 3.17. The highest BCUT2D eigenvalue weighted by Gasteiger charge is 2.10. The Kier molecular flexibility index (Phi) is 3.80. The van der Waals surface area contributed by atoms with Crippen molar-refractivity contribution < 1.29 is 5.11 Å². The Hall–Kier alpha value is -1.06. The third-order valence-electron chi connectivity index (χ3n) is 3.17. The molecular weight excluding hydrogens is 200 g/mol. The minimum atomic E-state index is 0.423. The molecule has 0 aliphatic carbocycles. The fourth-order valence-corrected chi connectivity index (χ4v) is 2.11. The van der Waals surface area contributed by atoms with Crippen molar-refractivity contribution in [1.82, 2.24) is 10.4 Å². The molecule has 2 N–H and O–H groups in total. The fraction of sp³-hybridized carbons (Fsp3) is 0.538. The predicted octanol–water partition coefficient (Wildman–Crippen LogP) is 2.19. The van der Waals surface area contributed by atoms with E-state index in [0.717, 1.165) is 24.2 Å². The van der Waals surface area contributed by atoms with E-state index in [1.165, 1.54) is 19.3 Å². The van der Waals surface area contributed by atoms with Gasteiger partial charge in [0.05, 0.1) is 0 Å². The first-order chi connectivity index (χ1) is 7.77. The molecule has 0 bridgehead atoms. The number of phenols is 1. The summed E-state index contributed by atoms with van der Waals surface area (Å²) in [6, 6.07) is 5.89. The van der Waals surface area contributed by atoms with Crippen LogP contribution in [-0.4, -0.2) is 23.2 Å². The molecule has 2 rings (SSSR count). The third kappa shape index (κ3) is 2.74. The fourth-order valence-electron chi connectivity index (χ4n) is 2.11. The number of hydrazine groups is 1. The Morgan fingerprint density at radius 2 is 2.00 bits per heavy atom. The summed E-state index contributed by atoms with van der Waals surface area (Å²) in [4.78, 5) is 0. The number of hydrogen-bond donors (Lipinski definition) is 2. The smallest absolute Gasteiger partial charge is 0.123 e. The van der Waals surface area contributed by atoms with E-state index < -0.39 is 0 Å². The van der Waals surface area contributed by atoms with E-state index in [4.69, 9.17) is 0 Å². The number of aryl methyl sites for hydroxylation is 1. The first kappa shape index (κ1) is 11.4. The van der Waals surface area contributed by atoms with Gasteiger partial charge in [-0.15, -0.1) is 0 Å². The van der Waals surface area contributed by atoms with Gasteiger partial charge >= 0.3 is 0 Å². The first-order valence-corrected chi connectivity index (χ1v) is 6.03. The molecule has 0 unspecified atom stereocenters. The highest BCUT2D eigenvalue weighted by atomic mass is 16.3. The lowest BCUT2D eigenvalue weighted by Crippen LogP contribution is -2.41. The summed E-state index contributed by atoms with van der Waals surface area (Å²) in [6.45, 7) is 4.88. The molecule has 1 aromatic rings. The maximum atomic E-state index is 9.87. The average Bonchev–Trinajstić information content (AvgIpc) is 2.32. The van der Waals surface area contributed by atoms with Gasteiger partial charge in [-0.05, 0) is 25.3 Å². The van der Waals surface area contributed by atoms with Crippen molar-refractivity contribution >= 4 is 0 Å². The van der Waals surface area contributed by atoms with Crippen LogP contribution in [-0.2, 0) is 6.54 Å². The molecule has 1 aromatic carbocycles. The molecule has 3 heteroatoms. The molecule has 1 heterocycles. The van der Waals surface area contributed by atoms with E-state index in [9.17, 15) is 5.11 Å². The molecule has 88 valence electrons. The zero-order valence-electron chi connectivity index (χ0n) is 9.87. The zero-order valence-corrected chi connectivity index (χ0v) is 9.87. The van der Waals surface area contributed by atoms with Crippen LogP contribution in [0, 0.1) is 6.92 Å². The maximum Gasteiger partial charge on any atom is 0.123 e. The minimum Gasteiger partial charge on any atom is -0.507 e. The van der Waals surface area contributed by atoms with Gasteiger partial charge < -0.3 is 5.11 Å². The van der Waals surface area contributed by atoms with Crippen molar-refractivity contribution in [3.63, 3.8) is 0 Å². The predicted molar refractivity (Wildman–Crippen MR) is 65.1 cm³/mol. The summed E-state index contributed by atoms with van der Waals surface area (Å²) < 4.78 is 0. The standard InChI is InChI=1S/C13H20N2O/c1-11-6-5-7-12(13(11)16)10-14-15-8-3-2-4-9-15/h5-7,14,16H,2-4,8-10H2,1H3. The first-order valence-electron chi connectivity index (χ1n) is 6.03. The second-order valence-electron chi connectivity index (χ2n) is 4.47. The zero-order chi connectivity index (χ0) is 11.4. The van der Waals surface area contributed by atoms with Crippen LogP contribution in [0.25, 0.3) is 0 Å². The van der Waals surface area contributed by atoms with Crippen LogP contribution in [0.3, 0.4) is 0 Å². The largest absolute Gasteiger partial charge is 0.507 e. The van der Waals surface area contributed by atoms with Crippen molar-refractivity contribution in [2.45, 2.75) is 32.7 Å². The quantitative estimate of drug-likeness (QED) is 0.819. The number of benzene rings is 1. The van der Waals surface area contributed by atoms with Gasteiger partial charge in [-0.3, -0.25) is 5.43 Å². The summed E-state index contributed by atoms with van der Waals surface area (Å²) >= 11 is 0. The molecule has 0 radical (unpaired) electrons. The van der Waals surface area contributed by atoms with Crippen molar-refractivity contribution in [3.05, 3.63) is 29.3 Å². The Labute approximate surface area is 97.1 Å². The molecule has 1 saturated heterocycles. The molecule has 0 aromatic heterocycles. The number of rotatable bonds is 3. The molecule has 1 aliphatic rings. The number of para-hydroxylation sites is 1. The lowest BCUT2D eigenvalue weighted by molar-refractivity contribution is 0.150.